The third-order valence-electron chi connectivity index (χ3n) is 4.66. The van der Waals surface area contributed by atoms with E-state index in [4.69, 9.17) is 4.74 Å². The number of rotatable bonds is 2. The van der Waals surface area contributed by atoms with Crippen LogP contribution in [0.2, 0.25) is 0 Å². The number of carboxylic acid groups (broad SMARTS) is 1. The van der Waals surface area contributed by atoms with Gasteiger partial charge in [0.15, 0.2) is 0 Å². The van der Waals surface area contributed by atoms with Gasteiger partial charge in [-0.05, 0) is 29.0 Å². The smallest absolute Gasteiger partial charge is 0.407 e. The van der Waals surface area contributed by atoms with Crippen LogP contribution in [0.5, 0.6) is 5.88 Å². The van der Waals surface area contributed by atoms with Crippen LogP contribution in [0.4, 0.5) is 9.18 Å². The lowest BCUT2D eigenvalue weighted by atomic mass is 9.85. The summed E-state index contributed by atoms with van der Waals surface area (Å²) >= 11 is 0. The number of carbonyl (C=O) groups is 1. The number of halogens is 1. The van der Waals surface area contributed by atoms with Crippen LogP contribution in [0.25, 0.3) is 10.8 Å². The quantitative estimate of drug-likeness (QED) is 0.883. The van der Waals surface area contributed by atoms with Crippen LogP contribution in [0.3, 0.4) is 0 Å². The van der Waals surface area contributed by atoms with Gasteiger partial charge in [-0.25, -0.2) is 14.2 Å². The van der Waals surface area contributed by atoms with Crippen molar-refractivity contribution in [3.63, 3.8) is 0 Å². The van der Waals surface area contributed by atoms with E-state index < -0.39 is 18.0 Å². The molecule has 1 fully saturated rings. The number of pyridine rings is 1. The first-order chi connectivity index (χ1) is 12.2. The van der Waals surface area contributed by atoms with Crippen molar-refractivity contribution in [2.75, 3.05) is 6.54 Å². The fourth-order valence-corrected chi connectivity index (χ4v) is 3.41. The van der Waals surface area contributed by atoms with Gasteiger partial charge in [-0.2, -0.15) is 5.26 Å². The fourth-order valence-electron chi connectivity index (χ4n) is 3.41. The van der Waals surface area contributed by atoms with Crippen molar-refractivity contribution in [1.29, 1.82) is 5.26 Å². The summed E-state index contributed by atoms with van der Waals surface area (Å²) in [6.45, 7) is 6.15. The maximum Gasteiger partial charge on any atom is 0.407 e. The van der Waals surface area contributed by atoms with Crippen LogP contribution in [-0.2, 0) is 0 Å². The zero-order valence-corrected chi connectivity index (χ0v) is 14.9. The highest BCUT2D eigenvalue weighted by Gasteiger charge is 2.43. The minimum Gasteiger partial charge on any atom is -0.472 e. The predicted molar refractivity (Wildman–Crippen MR) is 93.4 cm³/mol. The van der Waals surface area contributed by atoms with Crippen molar-refractivity contribution < 1.29 is 19.0 Å². The minimum atomic E-state index is -0.995. The maximum atomic E-state index is 13.7. The van der Waals surface area contributed by atoms with Crippen molar-refractivity contribution >= 4 is 16.9 Å². The molecule has 7 heteroatoms. The van der Waals surface area contributed by atoms with Gasteiger partial charge < -0.3 is 14.7 Å². The molecule has 2 heterocycles. The van der Waals surface area contributed by atoms with Crippen molar-refractivity contribution in [3.05, 3.63) is 35.8 Å². The third-order valence-corrected chi connectivity index (χ3v) is 4.66. The van der Waals surface area contributed by atoms with Gasteiger partial charge in [-0.15, -0.1) is 0 Å². The average molecular weight is 357 g/mol. The minimum absolute atomic E-state index is 0.156. The summed E-state index contributed by atoms with van der Waals surface area (Å²) in [6.07, 6.45) is -0.903. The van der Waals surface area contributed by atoms with E-state index in [9.17, 15) is 19.6 Å². The van der Waals surface area contributed by atoms with E-state index in [-0.39, 0.29) is 29.6 Å². The van der Waals surface area contributed by atoms with Crippen LogP contribution >= 0.6 is 0 Å². The summed E-state index contributed by atoms with van der Waals surface area (Å²) in [7, 11) is 0. The Hall–Kier alpha value is -2.88. The second kappa shape index (κ2) is 6.45. The third kappa shape index (κ3) is 3.40. The molecule has 0 bridgehead atoms. The predicted octanol–water partition coefficient (Wildman–Crippen LogP) is 3.79. The van der Waals surface area contributed by atoms with Crippen LogP contribution in [0.1, 0.15) is 32.9 Å². The van der Waals surface area contributed by atoms with E-state index in [0.717, 1.165) is 0 Å². The van der Waals surface area contributed by atoms with Gasteiger partial charge in [0, 0.05) is 17.8 Å². The molecule has 0 radical (unpaired) electrons. The number of hydrogen-bond donors (Lipinski definition) is 1. The number of amides is 1. The average Bonchev–Trinajstić information content (AvgIpc) is 2.99. The van der Waals surface area contributed by atoms with E-state index in [0.29, 0.717) is 17.2 Å². The highest BCUT2D eigenvalue weighted by Crippen LogP contribution is 2.35. The molecule has 6 nitrogen and oxygen atoms in total. The first-order valence-corrected chi connectivity index (χ1v) is 8.35. The van der Waals surface area contributed by atoms with Crippen molar-refractivity contribution in [1.82, 2.24) is 9.88 Å². The van der Waals surface area contributed by atoms with Crippen LogP contribution in [0, 0.1) is 22.6 Å². The Morgan fingerprint density at radius 1 is 1.42 bits per heavy atom. The number of ether oxygens (including phenoxy) is 1. The van der Waals surface area contributed by atoms with E-state index in [1.54, 1.807) is 12.1 Å². The molecule has 0 saturated carbocycles. The second-order valence-electron chi connectivity index (χ2n) is 7.58. The summed E-state index contributed by atoms with van der Waals surface area (Å²) < 4.78 is 19.6. The number of benzene rings is 1. The van der Waals surface area contributed by atoms with Crippen molar-refractivity contribution in [3.8, 4) is 11.9 Å². The molecule has 3 rings (SSSR count). The summed E-state index contributed by atoms with van der Waals surface area (Å²) in [5.41, 5.74) is -0.0772. The highest BCUT2D eigenvalue weighted by atomic mass is 19.1. The van der Waals surface area contributed by atoms with Crippen LogP contribution in [0.15, 0.2) is 24.3 Å². The number of aromatic nitrogens is 1. The van der Waals surface area contributed by atoms with Crippen LogP contribution < -0.4 is 4.74 Å². The Kier molecular flexibility index (Phi) is 4.45. The number of nitriles is 1. The molecular formula is C19H20FN3O3. The zero-order valence-electron chi connectivity index (χ0n) is 14.9. The number of nitrogens with zero attached hydrogens (tertiary/aromatic N) is 3. The molecule has 1 aliphatic rings. The fraction of sp³-hybridized carbons (Fsp3) is 0.421. The molecule has 2 atom stereocenters. The van der Waals surface area contributed by atoms with Gasteiger partial charge >= 0.3 is 6.09 Å². The van der Waals surface area contributed by atoms with Gasteiger partial charge in [0.2, 0.25) is 5.88 Å². The Morgan fingerprint density at radius 3 is 2.73 bits per heavy atom. The molecule has 1 saturated heterocycles. The Labute approximate surface area is 150 Å². The van der Waals surface area contributed by atoms with E-state index in [2.05, 4.69) is 4.98 Å². The molecule has 136 valence electrons. The van der Waals surface area contributed by atoms with Crippen molar-refractivity contribution in [2.45, 2.75) is 39.3 Å². The number of fused-ring (bicyclic) bond motifs is 1. The zero-order chi connectivity index (χ0) is 19.1. The molecule has 1 aromatic heterocycles. The molecule has 1 aromatic carbocycles. The second-order valence-corrected chi connectivity index (χ2v) is 7.58. The Balaban J connectivity index is 1.95. The van der Waals surface area contributed by atoms with E-state index in [1.807, 2.05) is 26.8 Å². The first kappa shape index (κ1) is 17.9. The van der Waals surface area contributed by atoms with E-state index >= 15 is 0 Å². The standard InChI is InChI=1S/C19H20FN3O3/c1-19(2,3)16-8-14(10-23(16)18(24)25)26-17-15-7-12(20)5-4-11(15)6-13(9-21)22-17/h4-7,14,16H,8,10H2,1-3H3,(H,24,25). The van der Waals surface area contributed by atoms with Crippen LogP contribution in [-0.4, -0.2) is 39.8 Å². The van der Waals surface area contributed by atoms with Crippen molar-refractivity contribution in [2.24, 2.45) is 5.41 Å². The topological polar surface area (TPSA) is 86.5 Å². The normalized spacial score (nSPS) is 20.2. The number of hydrogen-bond acceptors (Lipinski definition) is 4. The number of likely N-dealkylation sites (tertiary alicyclic amines) is 1. The highest BCUT2D eigenvalue weighted by molar-refractivity contribution is 5.87. The Morgan fingerprint density at radius 2 is 2.15 bits per heavy atom. The van der Waals surface area contributed by atoms with Gasteiger partial charge in [0.05, 0.1) is 6.54 Å². The molecule has 0 aliphatic carbocycles. The molecule has 1 aliphatic heterocycles. The van der Waals surface area contributed by atoms with Gasteiger partial charge in [-0.1, -0.05) is 26.8 Å². The monoisotopic (exact) mass is 357 g/mol. The summed E-state index contributed by atoms with van der Waals surface area (Å²) in [5, 5.41) is 19.8. The molecule has 2 aromatic rings. The summed E-state index contributed by atoms with van der Waals surface area (Å²) in [5.74, 6) is -0.275. The largest absolute Gasteiger partial charge is 0.472 e. The molecule has 1 N–H and O–H groups in total. The summed E-state index contributed by atoms with van der Waals surface area (Å²) in [6, 6.07) is 7.52. The van der Waals surface area contributed by atoms with Gasteiger partial charge in [-0.3, -0.25) is 0 Å². The molecular weight excluding hydrogens is 337 g/mol. The maximum absolute atomic E-state index is 13.7. The lowest BCUT2D eigenvalue weighted by molar-refractivity contribution is 0.105. The first-order valence-electron chi connectivity index (χ1n) is 8.35. The summed E-state index contributed by atoms with van der Waals surface area (Å²) in [4.78, 5) is 17.1. The lowest BCUT2D eigenvalue weighted by Crippen LogP contribution is -2.42. The molecule has 26 heavy (non-hydrogen) atoms. The molecule has 1 amide bonds. The van der Waals surface area contributed by atoms with E-state index in [1.165, 1.54) is 17.0 Å². The molecule has 0 spiro atoms. The lowest BCUT2D eigenvalue weighted by Gasteiger charge is -2.32. The Bertz CT molecular complexity index is 901. The van der Waals surface area contributed by atoms with Gasteiger partial charge in [0.1, 0.15) is 23.7 Å². The SMILES string of the molecule is CC(C)(C)C1CC(Oc2nc(C#N)cc3ccc(F)cc23)CN1C(=O)O. The molecule has 2 unspecified atom stereocenters. The van der Waals surface area contributed by atoms with Gasteiger partial charge in [0.25, 0.3) is 0 Å².